The summed E-state index contributed by atoms with van der Waals surface area (Å²) in [5.74, 6) is -0.935. The van der Waals surface area contributed by atoms with Crippen LogP contribution in [0.15, 0.2) is 24.3 Å². The van der Waals surface area contributed by atoms with Crippen molar-refractivity contribution >= 4 is 5.97 Å². The number of likely N-dealkylation sites (tertiary alicyclic amines) is 1. The number of nitrogens with one attached hydrogen (secondary N) is 1. The summed E-state index contributed by atoms with van der Waals surface area (Å²) >= 11 is 0. The summed E-state index contributed by atoms with van der Waals surface area (Å²) in [5, 5.41) is 12.4. The van der Waals surface area contributed by atoms with Gasteiger partial charge in [-0.15, -0.1) is 0 Å². The molecule has 2 unspecified atom stereocenters. The van der Waals surface area contributed by atoms with E-state index >= 15 is 0 Å². The number of rotatable bonds is 4. The van der Waals surface area contributed by atoms with Gasteiger partial charge in [-0.05, 0) is 43.5 Å². The van der Waals surface area contributed by atoms with Gasteiger partial charge in [-0.2, -0.15) is 0 Å². The van der Waals surface area contributed by atoms with E-state index in [4.69, 9.17) is 5.11 Å². The third-order valence-electron chi connectivity index (χ3n) is 4.69. The Kier molecular flexibility index (Phi) is 4.56. The molecule has 2 atom stereocenters. The van der Waals surface area contributed by atoms with Crippen molar-refractivity contribution in [3.05, 3.63) is 35.4 Å². The van der Waals surface area contributed by atoms with Gasteiger partial charge in [0, 0.05) is 19.1 Å². The molecule has 0 bridgehead atoms. The van der Waals surface area contributed by atoms with Crippen molar-refractivity contribution in [1.29, 1.82) is 0 Å². The molecule has 0 radical (unpaired) electrons. The van der Waals surface area contributed by atoms with Gasteiger partial charge in [0.1, 0.15) is 0 Å². The zero-order chi connectivity index (χ0) is 14.7. The highest BCUT2D eigenvalue weighted by Gasteiger charge is 2.30. The summed E-state index contributed by atoms with van der Waals surface area (Å²) in [6.45, 7) is 4.00. The predicted octanol–water partition coefficient (Wildman–Crippen LogP) is 2.41. The van der Waals surface area contributed by atoms with Gasteiger partial charge in [0.25, 0.3) is 0 Å². The van der Waals surface area contributed by atoms with Crippen LogP contribution in [0.2, 0.25) is 0 Å². The van der Waals surface area contributed by atoms with Crippen molar-refractivity contribution < 1.29 is 9.90 Å². The fraction of sp³-hybridized carbons (Fsp3) is 0.588. The Morgan fingerprint density at radius 1 is 1.29 bits per heavy atom. The summed E-state index contributed by atoms with van der Waals surface area (Å²) < 4.78 is 0. The molecule has 4 heteroatoms. The second kappa shape index (κ2) is 6.58. The minimum atomic E-state index is -0.686. The van der Waals surface area contributed by atoms with E-state index in [2.05, 4.69) is 34.5 Å². The molecule has 2 aliphatic rings. The molecule has 0 spiro atoms. The van der Waals surface area contributed by atoms with E-state index in [0.29, 0.717) is 13.0 Å². The quantitative estimate of drug-likeness (QED) is 0.893. The minimum Gasteiger partial charge on any atom is -0.481 e. The lowest BCUT2D eigenvalue weighted by atomic mass is 9.98. The molecule has 0 aromatic heterocycles. The molecule has 0 saturated carbocycles. The monoisotopic (exact) mass is 288 g/mol. The Morgan fingerprint density at radius 3 is 2.81 bits per heavy atom. The first-order valence-electron chi connectivity index (χ1n) is 8.00. The standard InChI is InChI=1S/C17H24N2O2/c20-17(21)15-10-16(18-11-15)14-6-4-5-13(9-14)12-19-7-2-1-3-8-19/h4-6,9,15-16,18H,1-3,7-8,10-12H2,(H,20,21). The van der Waals surface area contributed by atoms with Crippen molar-refractivity contribution in [2.45, 2.75) is 38.3 Å². The van der Waals surface area contributed by atoms with Gasteiger partial charge in [-0.1, -0.05) is 30.7 Å². The molecule has 2 aliphatic heterocycles. The molecule has 0 aliphatic carbocycles. The molecule has 114 valence electrons. The van der Waals surface area contributed by atoms with E-state index in [-0.39, 0.29) is 12.0 Å². The lowest BCUT2D eigenvalue weighted by Crippen LogP contribution is -2.29. The highest BCUT2D eigenvalue weighted by molar-refractivity contribution is 5.70. The van der Waals surface area contributed by atoms with Gasteiger partial charge in [-0.3, -0.25) is 9.69 Å². The summed E-state index contributed by atoms with van der Waals surface area (Å²) in [5.41, 5.74) is 2.57. The Balaban J connectivity index is 1.64. The second-order valence-electron chi connectivity index (χ2n) is 6.31. The topological polar surface area (TPSA) is 52.6 Å². The van der Waals surface area contributed by atoms with Crippen molar-refractivity contribution in [1.82, 2.24) is 10.2 Å². The smallest absolute Gasteiger partial charge is 0.307 e. The number of nitrogens with zero attached hydrogens (tertiary/aromatic N) is 1. The van der Waals surface area contributed by atoms with Crippen LogP contribution in [0.25, 0.3) is 0 Å². The fourth-order valence-corrected chi connectivity index (χ4v) is 3.46. The SMILES string of the molecule is O=C(O)C1CNC(c2cccc(CN3CCCCC3)c2)C1. The van der Waals surface area contributed by atoms with E-state index in [1.54, 1.807) is 0 Å². The maximum atomic E-state index is 11.1. The molecule has 3 rings (SSSR count). The van der Waals surface area contributed by atoms with Crippen LogP contribution in [0.5, 0.6) is 0 Å². The molecule has 1 aromatic rings. The van der Waals surface area contributed by atoms with Crippen molar-refractivity contribution in [2.75, 3.05) is 19.6 Å². The average Bonchev–Trinajstić information content (AvgIpc) is 2.99. The number of carboxylic acid groups (broad SMARTS) is 1. The number of piperidine rings is 1. The van der Waals surface area contributed by atoms with Crippen LogP contribution in [0.4, 0.5) is 0 Å². The van der Waals surface area contributed by atoms with E-state index < -0.39 is 5.97 Å². The summed E-state index contributed by atoms with van der Waals surface area (Å²) in [6.07, 6.45) is 4.68. The second-order valence-corrected chi connectivity index (χ2v) is 6.31. The first kappa shape index (κ1) is 14.5. The van der Waals surface area contributed by atoms with E-state index in [9.17, 15) is 4.79 Å². The van der Waals surface area contributed by atoms with Crippen LogP contribution in [0.1, 0.15) is 42.9 Å². The number of carbonyl (C=O) groups is 1. The van der Waals surface area contributed by atoms with Crippen LogP contribution >= 0.6 is 0 Å². The van der Waals surface area contributed by atoms with Gasteiger partial charge in [0.15, 0.2) is 0 Å². The Labute approximate surface area is 126 Å². The van der Waals surface area contributed by atoms with Crippen LogP contribution < -0.4 is 5.32 Å². The van der Waals surface area contributed by atoms with Gasteiger partial charge in [-0.25, -0.2) is 0 Å². The van der Waals surface area contributed by atoms with E-state index in [0.717, 1.165) is 6.54 Å². The summed E-state index contributed by atoms with van der Waals surface area (Å²) in [4.78, 5) is 13.6. The Morgan fingerprint density at radius 2 is 2.10 bits per heavy atom. The van der Waals surface area contributed by atoms with Crippen molar-refractivity contribution in [2.24, 2.45) is 5.92 Å². The van der Waals surface area contributed by atoms with Crippen LogP contribution in [-0.4, -0.2) is 35.6 Å². The number of hydrogen-bond acceptors (Lipinski definition) is 3. The van der Waals surface area contributed by atoms with Gasteiger partial charge < -0.3 is 10.4 Å². The number of aliphatic carboxylic acids is 1. The molecule has 2 heterocycles. The molecule has 2 fully saturated rings. The molecular weight excluding hydrogens is 264 g/mol. The number of carboxylic acids is 1. The lowest BCUT2D eigenvalue weighted by Gasteiger charge is -2.26. The van der Waals surface area contributed by atoms with Gasteiger partial charge in [0.2, 0.25) is 0 Å². The molecule has 0 amide bonds. The third kappa shape index (κ3) is 3.63. The van der Waals surface area contributed by atoms with E-state index in [1.807, 2.05) is 0 Å². The molecular formula is C17H24N2O2. The van der Waals surface area contributed by atoms with Crippen LogP contribution in [0.3, 0.4) is 0 Å². The lowest BCUT2D eigenvalue weighted by molar-refractivity contribution is -0.141. The van der Waals surface area contributed by atoms with Crippen LogP contribution in [0, 0.1) is 5.92 Å². The zero-order valence-electron chi connectivity index (χ0n) is 12.4. The molecule has 21 heavy (non-hydrogen) atoms. The maximum Gasteiger partial charge on any atom is 0.307 e. The average molecular weight is 288 g/mol. The normalized spacial score (nSPS) is 26.9. The first-order chi connectivity index (χ1) is 10.2. The first-order valence-corrected chi connectivity index (χ1v) is 8.00. The highest BCUT2D eigenvalue weighted by atomic mass is 16.4. The zero-order valence-corrected chi connectivity index (χ0v) is 12.4. The minimum absolute atomic E-state index is 0.187. The molecule has 2 saturated heterocycles. The molecule has 4 nitrogen and oxygen atoms in total. The fourth-order valence-electron chi connectivity index (χ4n) is 3.46. The van der Waals surface area contributed by atoms with E-state index in [1.165, 1.54) is 43.5 Å². The molecule has 1 aromatic carbocycles. The van der Waals surface area contributed by atoms with Crippen molar-refractivity contribution in [3.63, 3.8) is 0 Å². The van der Waals surface area contributed by atoms with Crippen molar-refractivity contribution in [3.8, 4) is 0 Å². The third-order valence-corrected chi connectivity index (χ3v) is 4.69. The Bertz CT molecular complexity index is 497. The largest absolute Gasteiger partial charge is 0.481 e. The van der Waals surface area contributed by atoms with Crippen LogP contribution in [-0.2, 0) is 11.3 Å². The Hall–Kier alpha value is -1.39. The highest BCUT2D eigenvalue weighted by Crippen LogP contribution is 2.28. The summed E-state index contributed by atoms with van der Waals surface area (Å²) in [6, 6.07) is 8.83. The summed E-state index contributed by atoms with van der Waals surface area (Å²) in [7, 11) is 0. The number of hydrogen-bond donors (Lipinski definition) is 2. The maximum absolute atomic E-state index is 11.1. The van der Waals surface area contributed by atoms with Gasteiger partial charge in [0.05, 0.1) is 5.92 Å². The number of benzene rings is 1. The molecule has 2 N–H and O–H groups in total. The predicted molar refractivity (Wildman–Crippen MR) is 82.1 cm³/mol. The van der Waals surface area contributed by atoms with Gasteiger partial charge >= 0.3 is 5.97 Å².